The van der Waals surface area contributed by atoms with Gasteiger partial charge in [-0.25, -0.2) is 4.79 Å². The van der Waals surface area contributed by atoms with E-state index in [4.69, 9.17) is 9.47 Å². The Labute approximate surface area is 77.8 Å². The Hall–Kier alpha value is -0.770. The smallest absolute Gasteiger partial charge is 0.410 e. The third-order valence-electron chi connectivity index (χ3n) is 2.69. The Morgan fingerprint density at radius 2 is 2.46 bits per heavy atom. The van der Waals surface area contributed by atoms with Gasteiger partial charge >= 0.3 is 6.09 Å². The van der Waals surface area contributed by atoms with E-state index in [9.17, 15) is 4.79 Å². The van der Waals surface area contributed by atoms with Gasteiger partial charge in [-0.1, -0.05) is 0 Å². The first-order chi connectivity index (χ1) is 6.31. The first kappa shape index (κ1) is 8.81. The number of hydrogen-bond acceptors (Lipinski definition) is 3. The van der Waals surface area contributed by atoms with Crippen molar-refractivity contribution in [3.8, 4) is 0 Å². The van der Waals surface area contributed by atoms with E-state index >= 15 is 0 Å². The summed E-state index contributed by atoms with van der Waals surface area (Å²) in [4.78, 5) is 13.2. The third-order valence-corrected chi connectivity index (χ3v) is 2.69. The van der Waals surface area contributed by atoms with Gasteiger partial charge in [0.2, 0.25) is 0 Å². The molecule has 0 saturated carbocycles. The number of carbonyl (C=O) groups excluding carboxylic acids is 1. The number of rotatable bonds is 1. The fourth-order valence-corrected chi connectivity index (χ4v) is 1.98. The minimum absolute atomic E-state index is 0.180. The quantitative estimate of drug-likeness (QED) is 0.612. The predicted molar refractivity (Wildman–Crippen MR) is 46.5 cm³/mol. The summed E-state index contributed by atoms with van der Waals surface area (Å²) in [6.45, 7) is 3.68. The lowest BCUT2D eigenvalue weighted by Crippen LogP contribution is -2.56. The molecule has 0 N–H and O–H groups in total. The van der Waals surface area contributed by atoms with Crippen molar-refractivity contribution in [3.05, 3.63) is 0 Å². The van der Waals surface area contributed by atoms with E-state index in [-0.39, 0.29) is 18.2 Å². The van der Waals surface area contributed by atoms with Crippen LogP contribution in [0.3, 0.4) is 0 Å². The topological polar surface area (TPSA) is 38.8 Å². The van der Waals surface area contributed by atoms with Crippen LogP contribution in [0.1, 0.15) is 19.8 Å². The van der Waals surface area contributed by atoms with Crippen LogP contribution in [0.5, 0.6) is 0 Å². The Bertz CT molecular complexity index is 199. The average molecular weight is 185 g/mol. The predicted octanol–water partition coefficient (Wildman–Crippen LogP) is 1.01. The second kappa shape index (κ2) is 3.54. The second-order valence-electron chi connectivity index (χ2n) is 3.54. The lowest BCUT2D eigenvalue weighted by molar-refractivity contribution is -0.0973. The standard InChI is InChI=1S/C9H15NO3/c1-2-12-9(11)10-5-8-4-3-7(10)6-13-8/h7-8H,2-6H2,1H3. The molecule has 2 unspecified atom stereocenters. The molecule has 2 bridgehead atoms. The van der Waals surface area contributed by atoms with Gasteiger partial charge in [-0.05, 0) is 19.8 Å². The molecule has 3 aliphatic rings. The maximum absolute atomic E-state index is 11.4. The molecule has 0 spiro atoms. The number of piperidine rings is 1. The summed E-state index contributed by atoms with van der Waals surface area (Å²) in [7, 11) is 0. The Balaban J connectivity index is 1.96. The zero-order chi connectivity index (χ0) is 9.26. The van der Waals surface area contributed by atoms with Crippen LogP contribution in [-0.2, 0) is 9.47 Å². The minimum Gasteiger partial charge on any atom is -0.450 e. The Morgan fingerprint density at radius 3 is 2.92 bits per heavy atom. The van der Waals surface area contributed by atoms with Crippen LogP contribution in [0, 0.1) is 0 Å². The highest BCUT2D eigenvalue weighted by Gasteiger charge is 2.37. The Kier molecular flexibility index (Phi) is 2.40. The van der Waals surface area contributed by atoms with Gasteiger partial charge in [0.05, 0.1) is 31.9 Å². The molecule has 74 valence electrons. The van der Waals surface area contributed by atoms with Crippen molar-refractivity contribution < 1.29 is 14.3 Å². The van der Waals surface area contributed by atoms with Crippen LogP contribution >= 0.6 is 0 Å². The Morgan fingerprint density at radius 1 is 1.62 bits per heavy atom. The van der Waals surface area contributed by atoms with Gasteiger partial charge in [-0.3, -0.25) is 0 Å². The lowest BCUT2D eigenvalue weighted by atomic mass is 9.98. The number of amides is 1. The lowest BCUT2D eigenvalue weighted by Gasteiger charge is -2.44. The molecule has 0 aromatic heterocycles. The molecule has 3 saturated heterocycles. The van der Waals surface area contributed by atoms with Gasteiger partial charge < -0.3 is 14.4 Å². The molecule has 0 radical (unpaired) electrons. The molecular weight excluding hydrogens is 170 g/mol. The van der Waals surface area contributed by atoms with Gasteiger partial charge in [0.15, 0.2) is 0 Å². The molecular formula is C9H15NO3. The molecule has 4 nitrogen and oxygen atoms in total. The van der Waals surface area contributed by atoms with Gasteiger partial charge in [-0.15, -0.1) is 0 Å². The van der Waals surface area contributed by atoms with Crippen molar-refractivity contribution in [1.82, 2.24) is 4.90 Å². The van der Waals surface area contributed by atoms with Crippen molar-refractivity contribution in [1.29, 1.82) is 0 Å². The van der Waals surface area contributed by atoms with E-state index in [1.807, 2.05) is 6.92 Å². The van der Waals surface area contributed by atoms with Crippen molar-refractivity contribution in [3.63, 3.8) is 0 Å². The van der Waals surface area contributed by atoms with E-state index in [0.717, 1.165) is 12.8 Å². The first-order valence-corrected chi connectivity index (χ1v) is 4.86. The fraction of sp³-hybridized carbons (Fsp3) is 0.889. The van der Waals surface area contributed by atoms with Crippen LogP contribution in [0.25, 0.3) is 0 Å². The molecule has 3 aliphatic heterocycles. The third kappa shape index (κ3) is 1.63. The molecule has 3 rings (SSSR count). The van der Waals surface area contributed by atoms with E-state index in [2.05, 4.69) is 0 Å². The summed E-state index contributed by atoms with van der Waals surface area (Å²) >= 11 is 0. The fourth-order valence-electron chi connectivity index (χ4n) is 1.98. The van der Waals surface area contributed by atoms with E-state index in [1.54, 1.807) is 4.90 Å². The van der Waals surface area contributed by atoms with E-state index in [1.165, 1.54) is 0 Å². The number of hydrogen-bond donors (Lipinski definition) is 0. The van der Waals surface area contributed by atoms with Crippen LogP contribution in [-0.4, -0.2) is 42.9 Å². The molecule has 4 heteroatoms. The number of nitrogens with zero attached hydrogens (tertiary/aromatic N) is 1. The van der Waals surface area contributed by atoms with Crippen molar-refractivity contribution in [2.45, 2.75) is 31.9 Å². The molecule has 3 fully saturated rings. The van der Waals surface area contributed by atoms with Crippen molar-refractivity contribution >= 4 is 6.09 Å². The van der Waals surface area contributed by atoms with Gasteiger partial charge in [0, 0.05) is 0 Å². The summed E-state index contributed by atoms with van der Waals surface area (Å²) in [5.74, 6) is 0. The molecule has 2 atom stereocenters. The molecule has 3 heterocycles. The molecule has 1 amide bonds. The van der Waals surface area contributed by atoms with Gasteiger partial charge in [0.25, 0.3) is 0 Å². The summed E-state index contributed by atoms with van der Waals surface area (Å²) in [6.07, 6.45) is 2.21. The highest BCUT2D eigenvalue weighted by atomic mass is 16.6. The summed E-state index contributed by atoms with van der Waals surface area (Å²) in [5.41, 5.74) is 0. The van der Waals surface area contributed by atoms with E-state index < -0.39 is 0 Å². The number of ether oxygens (including phenoxy) is 2. The highest BCUT2D eigenvalue weighted by Crippen LogP contribution is 2.26. The monoisotopic (exact) mass is 185 g/mol. The molecule has 13 heavy (non-hydrogen) atoms. The number of carbonyl (C=O) groups is 1. The average Bonchev–Trinajstić information content (AvgIpc) is 2.20. The van der Waals surface area contributed by atoms with Crippen molar-refractivity contribution in [2.75, 3.05) is 19.8 Å². The van der Waals surface area contributed by atoms with E-state index in [0.29, 0.717) is 19.8 Å². The second-order valence-corrected chi connectivity index (χ2v) is 3.54. The molecule has 0 aromatic carbocycles. The summed E-state index contributed by atoms with van der Waals surface area (Å²) in [5, 5.41) is 0. The summed E-state index contributed by atoms with van der Waals surface area (Å²) < 4.78 is 10.5. The SMILES string of the molecule is CCOC(=O)N1CC2CCC1CO2. The van der Waals surface area contributed by atoms with Crippen LogP contribution in [0.2, 0.25) is 0 Å². The van der Waals surface area contributed by atoms with Gasteiger partial charge in [0.1, 0.15) is 0 Å². The largest absolute Gasteiger partial charge is 0.450 e. The van der Waals surface area contributed by atoms with Crippen LogP contribution < -0.4 is 0 Å². The molecule has 0 aliphatic carbocycles. The number of morpholine rings is 1. The van der Waals surface area contributed by atoms with Crippen LogP contribution in [0.4, 0.5) is 4.79 Å². The van der Waals surface area contributed by atoms with Gasteiger partial charge in [-0.2, -0.15) is 0 Å². The first-order valence-electron chi connectivity index (χ1n) is 4.86. The zero-order valence-corrected chi connectivity index (χ0v) is 7.86. The molecule has 0 aromatic rings. The highest BCUT2D eigenvalue weighted by molar-refractivity contribution is 5.68. The van der Waals surface area contributed by atoms with Crippen LogP contribution in [0.15, 0.2) is 0 Å². The number of fused-ring (bicyclic) bond motifs is 3. The maximum atomic E-state index is 11.4. The minimum atomic E-state index is -0.180. The maximum Gasteiger partial charge on any atom is 0.410 e. The summed E-state index contributed by atoms with van der Waals surface area (Å²) in [6, 6.07) is 0.254. The normalized spacial score (nSPS) is 31.9. The zero-order valence-electron chi connectivity index (χ0n) is 7.86. The van der Waals surface area contributed by atoms with Crippen molar-refractivity contribution in [2.24, 2.45) is 0 Å².